The molecule has 0 aliphatic carbocycles. The van der Waals surface area contributed by atoms with Crippen molar-refractivity contribution in [3.8, 4) is 5.75 Å². The van der Waals surface area contributed by atoms with Crippen LogP contribution in [0, 0.1) is 11.8 Å². The fourth-order valence-corrected chi connectivity index (χ4v) is 3.34. The van der Waals surface area contributed by atoms with Crippen molar-refractivity contribution in [2.45, 2.75) is 39.2 Å². The number of ether oxygens (including phenoxy) is 2. The molecule has 0 radical (unpaired) electrons. The fraction of sp³-hybridized carbons (Fsp3) is 0.435. The molecule has 1 fully saturated rings. The normalized spacial score (nSPS) is 18.3. The minimum absolute atomic E-state index is 0.113. The number of nitrogen functional groups attached to an aromatic ring is 1. The third kappa shape index (κ3) is 6.47. The SMILES string of the molecule is CC(C)COC(=O)C[C@@H]1C[C@@H](COc2ccc(Cc3cccc(N)n3)cc2)NC1=O. The highest BCUT2D eigenvalue weighted by atomic mass is 16.5. The molecule has 0 saturated carbocycles. The molecule has 2 aromatic rings. The van der Waals surface area contributed by atoms with Crippen LogP contribution in [0.15, 0.2) is 42.5 Å². The van der Waals surface area contributed by atoms with E-state index in [0.29, 0.717) is 31.9 Å². The molecular weight excluding hydrogens is 382 g/mol. The minimum atomic E-state index is -0.355. The van der Waals surface area contributed by atoms with Crippen LogP contribution in [0.2, 0.25) is 0 Å². The van der Waals surface area contributed by atoms with Crippen LogP contribution in [-0.4, -0.2) is 36.1 Å². The van der Waals surface area contributed by atoms with E-state index in [0.717, 1.165) is 17.0 Å². The molecule has 0 bridgehead atoms. The number of anilines is 1. The second kappa shape index (κ2) is 10.1. The number of pyridine rings is 1. The number of esters is 1. The van der Waals surface area contributed by atoms with Crippen LogP contribution in [0.5, 0.6) is 5.75 Å². The lowest BCUT2D eigenvalue weighted by Crippen LogP contribution is -2.31. The second-order valence-corrected chi connectivity index (χ2v) is 8.10. The number of nitrogens with zero attached hydrogens (tertiary/aromatic N) is 1. The summed E-state index contributed by atoms with van der Waals surface area (Å²) in [5, 5.41) is 2.90. The van der Waals surface area contributed by atoms with Crippen molar-refractivity contribution in [2.75, 3.05) is 18.9 Å². The van der Waals surface area contributed by atoms with Gasteiger partial charge in [-0.25, -0.2) is 4.98 Å². The maximum Gasteiger partial charge on any atom is 0.306 e. The number of nitrogens with two attached hydrogens (primary N) is 1. The van der Waals surface area contributed by atoms with Crippen LogP contribution in [0.3, 0.4) is 0 Å². The average Bonchev–Trinajstić information content (AvgIpc) is 3.05. The van der Waals surface area contributed by atoms with Crippen LogP contribution in [0.4, 0.5) is 5.82 Å². The Balaban J connectivity index is 1.44. The zero-order chi connectivity index (χ0) is 21.5. The lowest BCUT2D eigenvalue weighted by atomic mass is 10.0. The molecule has 1 aliphatic rings. The molecule has 1 amide bonds. The topological polar surface area (TPSA) is 104 Å². The smallest absolute Gasteiger partial charge is 0.306 e. The maximum absolute atomic E-state index is 12.1. The molecule has 1 aliphatic heterocycles. The molecule has 2 atom stereocenters. The van der Waals surface area contributed by atoms with Crippen molar-refractivity contribution in [2.24, 2.45) is 11.8 Å². The quantitative estimate of drug-likeness (QED) is 0.615. The molecule has 3 N–H and O–H groups in total. The van der Waals surface area contributed by atoms with Gasteiger partial charge in [0.15, 0.2) is 0 Å². The Morgan fingerprint density at radius 3 is 2.70 bits per heavy atom. The molecule has 1 saturated heterocycles. The summed E-state index contributed by atoms with van der Waals surface area (Å²) in [6, 6.07) is 13.3. The average molecular weight is 412 g/mol. The van der Waals surface area contributed by atoms with Crippen molar-refractivity contribution >= 4 is 17.7 Å². The second-order valence-electron chi connectivity index (χ2n) is 8.10. The highest BCUT2D eigenvalue weighted by molar-refractivity contribution is 5.85. The van der Waals surface area contributed by atoms with Gasteiger partial charge < -0.3 is 20.5 Å². The minimum Gasteiger partial charge on any atom is -0.491 e. The van der Waals surface area contributed by atoms with Gasteiger partial charge in [0.05, 0.1) is 25.0 Å². The summed E-state index contributed by atoms with van der Waals surface area (Å²) in [7, 11) is 0. The molecule has 160 valence electrons. The van der Waals surface area contributed by atoms with E-state index in [1.807, 2.05) is 50.2 Å². The zero-order valence-corrected chi connectivity index (χ0v) is 17.5. The van der Waals surface area contributed by atoms with Gasteiger partial charge in [0.1, 0.15) is 18.2 Å². The first-order valence-corrected chi connectivity index (χ1v) is 10.3. The number of aromatic nitrogens is 1. The number of hydrogen-bond acceptors (Lipinski definition) is 6. The summed E-state index contributed by atoms with van der Waals surface area (Å²) >= 11 is 0. The number of hydrogen-bond donors (Lipinski definition) is 2. The summed E-state index contributed by atoms with van der Waals surface area (Å²) in [6.07, 6.45) is 1.37. The number of rotatable bonds is 9. The van der Waals surface area contributed by atoms with E-state index in [4.69, 9.17) is 15.2 Å². The van der Waals surface area contributed by atoms with Crippen LogP contribution < -0.4 is 15.8 Å². The Labute approximate surface area is 177 Å². The van der Waals surface area contributed by atoms with E-state index >= 15 is 0 Å². The van der Waals surface area contributed by atoms with Crippen molar-refractivity contribution in [1.82, 2.24) is 10.3 Å². The maximum atomic E-state index is 12.1. The van der Waals surface area contributed by atoms with E-state index < -0.39 is 0 Å². The Morgan fingerprint density at radius 1 is 1.23 bits per heavy atom. The van der Waals surface area contributed by atoms with Gasteiger partial charge in [-0.15, -0.1) is 0 Å². The van der Waals surface area contributed by atoms with E-state index in [1.54, 1.807) is 6.07 Å². The van der Waals surface area contributed by atoms with Gasteiger partial charge in [-0.1, -0.05) is 32.0 Å². The zero-order valence-electron chi connectivity index (χ0n) is 17.5. The number of carbonyl (C=O) groups excluding carboxylic acids is 2. The van der Waals surface area contributed by atoms with E-state index in [1.165, 1.54) is 0 Å². The predicted molar refractivity (Wildman–Crippen MR) is 114 cm³/mol. The number of carbonyl (C=O) groups is 2. The first-order valence-electron chi connectivity index (χ1n) is 10.3. The molecule has 7 nitrogen and oxygen atoms in total. The number of benzene rings is 1. The first kappa shape index (κ1) is 21.6. The summed E-state index contributed by atoms with van der Waals surface area (Å²) in [5.41, 5.74) is 7.74. The summed E-state index contributed by atoms with van der Waals surface area (Å²) < 4.78 is 11.0. The molecule has 0 unspecified atom stereocenters. The van der Waals surface area contributed by atoms with Gasteiger partial charge in [0.2, 0.25) is 5.91 Å². The molecule has 2 heterocycles. The molecule has 1 aromatic heterocycles. The molecule has 7 heteroatoms. The lowest BCUT2D eigenvalue weighted by Gasteiger charge is -2.12. The van der Waals surface area contributed by atoms with E-state index in [2.05, 4.69) is 10.3 Å². The van der Waals surface area contributed by atoms with Crippen molar-refractivity contribution in [3.63, 3.8) is 0 Å². The standard InChI is InChI=1S/C23H29N3O4/c1-15(2)13-30-22(27)12-17-11-19(26-23(17)28)14-29-20-8-6-16(7-9-20)10-18-4-3-5-21(24)25-18/h3-9,15,17,19H,10-14H2,1-2H3,(H2,24,25)(H,26,28)/t17-,19-/m0/s1. The van der Waals surface area contributed by atoms with Gasteiger partial charge in [0, 0.05) is 12.1 Å². The molecular formula is C23H29N3O4. The van der Waals surface area contributed by atoms with E-state index in [9.17, 15) is 9.59 Å². The third-order valence-corrected chi connectivity index (χ3v) is 4.87. The number of amides is 1. The summed E-state index contributed by atoms with van der Waals surface area (Å²) in [4.78, 5) is 28.3. The Morgan fingerprint density at radius 2 is 2.00 bits per heavy atom. The van der Waals surface area contributed by atoms with Crippen LogP contribution in [0.1, 0.15) is 37.9 Å². The lowest BCUT2D eigenvalue weighted by molar-refractivity contribution is -0.147. The fourth-order valence-electron chi connectivity index (χ4n) is 3.34. The first-order chi connectivity index (χ1) is 14.4. The number of nitrogens with one attached hydrogen (secondary N) is 1. The summed E-state index contributed by atoms with van der Waals surface area (Å²) in [5.74, 6) is 0.726. The largest absolute Gasteiger partial charge is 0.491 e. The van der Waals surface area contributed by atoms with Gasteiger partial charge in [-0.3, -0.25) is 9.59 Å². The Bertz CT molecular complexity index is 867. The Hall–Kier alpha value is -3.09. The van der Waals surface area contributed by atoms with Crippen molar-refractivity contribution in [1.29, 1.82) is 0 Å². The summed E-state index contributed by atoms with van der Waals surface area (Å²) in [6.45, 7) is 4.69. The highest BCUT2D eigenvalue weighted by Crippen LogP contribution is 2.21. The van der Waals surface area contributed by atoms with E-state index in [-0.39, 0.29) is 36.2 Å². The van der Waals surface area contributed by atoms with Crippen LogP contribution >= 0.6 is 0 Å². The van der Waals surface area contributed by atoms with Gasteiger partial charge in [-0.2, -0.15) is 0 Å². The monoisotopic (exact) mass is 411 g/mol. The van der Waals surface area contributed by atoms with Gasteiger partial charge >= 0.3 is 5.97 Å². The molecule has 30 heavy (non-hydrogen) atoms. The third-order valence-electron chi connectivity index (χ3n) is 4.87. The van der Waals surface area contributed by atoms with Crippen molar-refractivity contribution in [3.05, 3.63) is 53.7 Å². The molecule has 3 rings (SSSR count). The van der Waals surface area contributed by atoms with Crippen LogP contribution in [-0.2, 0) is 20.7 Å². The molecule has 0 spiro atoms. The van der Waals surface area contributed by atoms with Crippen LogP contribution in [0.25, 0.3) is 0 Å². The van der Waals surface area contributed by atoms with Gasteiger partial charge in [-0.05, 0) is 42.2 Å². The van der Waals surface area contributed by atoms with Crippen molar-refractivity contribution < 1.29 is 19.1 Å². The highest BCUT2D eigenvalue weighted by Gasteiger charge is 2.34. The Kier molecular flexibility index (Phi) is 7.27. The van der Waals surface area contributed by atoms with Gasteiger partial charge in [0.25, 0.3) is 0 Å². The molecule has 1 aromatic carbocycles. The predicted octanol–water partition coefficient (Wildman–Crippen LogP) is 2.73.